The van der Waals surface area contributed by atoms with Gasteiger partial charge in [-0.05, 0) is 44.6 Å². The zero-order valence-corrected chi connectivity index (χ0v) is 12.0. The molecular weight excluding hydrogens is 242 g/mol. The van der Waals surface area contributed by atoms with Crippen molar-refractivity contribution in [2.75, 3.05) is 13.2 Å². The van der Waals surface area contributed by atoms with Crippen LogP contribution in [0.15, 0.2) is 0 Å². The number of hydrogen-bond donors (Lipinski definition) is 2. The van der Waals surface area contributed by atoms with Crippen molar-refractivity contribution in [3.05, 3.63) is 0 Å². The Kier molecular flexibility index (Phi) is 5.22. The summed E-state index contributed by atoms with van der Waals surface area (Å²) in [6.07, 6.45) is 9.16. The van der Waals surface area contributed by atoms with Crippen molar-refractivity contribution in [3.63, 3.8) is 0 Å². The molecule has 4 nitrogen and oxygen atoms in total. The molecule has 0 aliphatic heterocycles. The van der Waals surface area contributed by atoms with E-state index < -0.39 is 11.5 Å². The quantitative estimate of drug-likeness (QED) is 0.711. The van der Waals surface area contributed by atoms with Crippen molar-refractivity contribution >= 4 is 5.97 Å². The Morgan fingerprint density at radius 3 is 2.47 bits per heavy atom. The maximum absolute atomic E-state index is 11.7. The van der Waals surface area contributed by atoms with Crippen LogP contribution in [0.5, 0.6) is 0 Å². The lowest BCUT2D eigenvalue weighted by Gasteiger charge is -2.33. The lowest BCUT2D eigenvalue weighted by Crippen LogP contribution is -2.58. The third kappa shape index (κ3) is 3.69. The van der Waals surface area contributed by atoms with Gasteiger partial charge in [0.05, 0.1) is 12.7 Å². The van der Waals surface area contributed by atoms with E-state index in [0.29, 0.717) is 6.61 Å². The van der Waals surface area contributed by atoms with Gasteiger partial charge >= 0.3 is 5.97 Å². The maximum Gasteiger partial charge on any atom is 0.326 e. The van der Waals surface area contributed by atoms with Gasteiger partial charge in [0.2, 0.25) is 0 Å². The zero-order chi connectivity index (χ0) is 13.7. The molecule has 2 aliphatic carbocycles. The lowest BCUT2D eigenvalue weighted by atomic mass is 9.93. The summed E-state index contributed by atoms with van der Waals surface area (Å²) in [7, 11) is 0. The number of hydrogen-bond acceptors (Lipinski definition) is 3. The van der Waals surface area contributed by atoms with Gasteiger partial charge in [0.25, 0.3) is 0 Å². The van der Waals surface area contributed by atoms with E-state index in [2.05, 4.69) is 12.2 Å². The Bertz CT molecular complexity index is 298. The monoisotopic (exact) mass is 269 g/mol. The van der Waals surface area contributed by atoms with E-state index in [9.17, 15) is 9.90 Å². The first-order chi connectivity index (χ1) is 9.19. The summed E-state index contributed by atoms with van der Waals surface area (Å²) < 4.78 is 5.96. The summed E-state index contributed by atoms with van der Waals surface area (Å²) in [6, 6.07) is 0. The third-order valence-electron chi connectivity index (χ3n) is 4.45. The first-order valence-corrected chi connectivity index (χ1v) is 7.79. The van der Waals surface area contributed by atoms with Crippen LogP contribution in [0.2, 0.25) is 0 Å². The number of carboxylic acid groups (broad SMARTS) is 1. The summed E-state index contributed by atoms with van der Waals surface area (Å²) in [5.74, 6) is -0.487. The van der Waals surface area contributed by atoms with Crippen LogP contribution in [0.3, 0.4) is 0 Å². The molecule has 0 radical (unpaired) electrons. The summed E-state index contributed by atoms with van der Waals surface area (Å²) in [5.41, 5.74) is -0.840. The van der Waals surface area contributed by atoms with Crippen LogP contribution < -0.4 is 5.32 Å². The second-order valence-corrected chi connectivity index (χ2v) is 6.05. The molecule has 0 heterocycles. The van der Waals surface area contributed by atoms with Crippen molar-refractivity contribution in [1.82, 2.24) is 5.32 Å². The standard InChI is InChI=1S/C15H27NO3/c1-2-10-16-15(14(17)18,12-8-9-12)11-19-13-6-4-3-5-7-13/h12-13,16H,2-11H2,1H3,(H,17,18). The van der Waals surface area contributed by atoms with E-state index in [-0.39, 0.29) is 12.0 Å². The first kappa shape index (κ1) is 14.8. The molecule has 0 bridgehead atoms. The van der Waals surface area contributed by atoms with E-state index in [1.807, 2.05) is 0 Å². The molecule has 2 rings (SSSR count). The number of carbonyl (C=O) groups is 1. The largest absolute Gasteiger partial charge is 0.480 e. The Morgan fingerprint density at radius 1 is 1.26 bits per heavy atom. The second-order valence-electron chi connectivity index (χ2n) is 6.05. The molecular formula is C15H27NO3. The van der Waals surface area contributed by atoms with Gasteiger partial charge in [-0.1, -0.05) is 26.2 Å². The van der Waals surface area contributed by atoms with Crippen LogP contribution in [0.25, 0.3) is 0 Å². The van der Waals surface area contributed by atoms with Gasteiger partial charge in [0.15, 0.2) is 0 Å². The van der Waals surface area contributed by atoms with Gasteiger partial charge in [0, 0.05) is 0 Å². The van der Waals surface area contributed by atoms with Crippen molar-refractivity contribution in [3.8, 4) is 0 Å². The van der Waals surface area contributed by atoms with Crippen molar-refractivity contribution in [1.29, 1.82) is 0 Å². The summed E-state index contributed by atoms with van der Waals surface area (Å²) in [5, 5.41) is 12.9. The smallest absolute Gasteiger partial charge is 0.326 e. The van der Waals surface area contributed by atoms with E-state index in [1.165, 1.54) is 19.3 Å². The number of carboxylic acids is 1. The van der Waals surface area contributed by atoms with Crippen LogP contribution in [-0.4, -0.2) is 35.9 Å². The normalized spacial score (nSPS) is 24.1. The molecule has 0 amide bonds. The van der Waals surface area contributed by atoms with Crippen LogP contribution in [0, 0.1) is 5.92 Å². The number of rotatable bonds is 8. The van der Waals surface area contributed by atoms with Crippen LogP contribution in [-0.2, 0) is 9.53 Å². The van der Waals surface area contributed by atoms with Gasteiger partial charge in [-0.15, -0.1) is 0 Å². The molecule has 2 N–H and O–H groups in total. The minimum absolute atomic E-state index is 0.250. The number of aliphatic carboxylic acids is 1. The molecule has 2 saturated carbocycles. The van der Waals surface area contributed by atoms with Crippen LogP contribution in [0.1, 0.15) is 58.3 Å². The SMILES string of the molecule is CCCNC(COC1CCCCC1)(C(=O)O)C1CC1. The Hall–Kier alpha value is -0.610. The molecule has 1 unspecified atom stereocenters. The molecule has 2 aliphatic rings. The fourth-order valence-electron chi connectivity index (χ4n) is 3.03. The van der Waals surface area contributed by atoms with Crippen molar-refractivity contribution < 1.29 is 14.6 Å². The lowest BCUT2D eigenvalue weighted by molar-refractivity contribution is -0.151. The van der Waals surface area contributed by atoms with Gasteiger partial charge in [-0.25, -0.2) is 0 Å². The molecule has 2 fully saturated rings. The number of nitrogens with one attached hydrogen (secondary N) is 1. The topological polar surface area (TPSA) is 58.6 Å². The highest BCUT2D eigenvalue weighted by atomic mass is 16.5. The van der Waals surface area contributed by atoms with Crippen LogP contribution >= 0.6 is 0 Å². The first-order valence-electron chi connectivity index (χ1n) is 7.79. The number of ether oxygens (including phenoxy) is 1. The minimum Gasteiger partial charge on any atom is -0.480 e. The molecule has 0 aromatic heterocycles. The van der Waals surface area contributed by atoms with E-state index in [1.54, 1.807) is 0 Å². The van der Waals surface area contributed by atoms with Crippen molar-refractivity contribution in [2.24, 2.45) is 5.92 Å². The molecule has 1 atom stereocenters. The third-order valence-corrected chi connectivity index (χ3v) is 4.45. The predicted molar refractivity (Wildman–Crippen MR) is 74.2 cm³/mol. The van der Waals surface area contributed by atoms with E-state index in [0.717, 1.165) is 38.6 Å². The summed E-state index contributed by atoms with van der Waals surface area (Å²) >= 11 is 0. The fraction of sp³-hybridized carbons (Fsp3) is 0.933. The second kappa shape index (κ2) is 6.71. The van der Waals surface area contributed by atoms with Crippen molar-refractivity contribution in [2.45, 2.75) is 69.9 Å². The molecule has 0 saturated heterocycles. The molecule has 0 aromatic carbocycles. The molecule has 4 heteroatoms. The average molecular weight is 269 g/mol. The fourth-order valence-corrected chi connectivity index (χ4v) is 3.03. The predicted octanol–water partition coefficient (Wildman–Crippen LogP) is 2.57. The zero-order valence-electron chi connectivity index (χ0n) is 12.0. The van der Waals surface area contributed by atoms with Gasteiger partial charge in [-0.3, -0.25) is 10.1 Å². The van der Waals surface area contributed by atoms with Crippen LogP contribution in [0.4, 0.5) is 0 Å². The van der Waals surface area contributed by atoms with Gasteiger partial charge in [0.1, 0.15) is 5.54 Å². The maximum atomic E-state index is 11.7. The molecule has 0 aromatic rings. The summed E-state index contributed by atoms with van der Waals surface area (Å²) in [4.78, 5) is 11.7. The average Bonchev–Trinajstić information content (AvgIpc) is 3.25. The van der Waals surface area contributed by atoms with Gasteiger partial charge < -0.3 is 9.84 Å². The Labute approximate surface area is 115 Å². The van der Waals surface area contributed by atoms with E-state index in [4.69, 9.17) is 4.74 Å². The molecule has 19 heavy (non-hydrogen) atoms. The van der Waals surface area contributed by atoms with E-state index >= 15 is 0 Å². The summed E-state index contributed by atoms with van der Waals surface area (Å²) in [6.45, 7) is 3.14. The van der Waals surface area contributed by atoms with Gasteiger partial charge in [-0.2, -0.15) is 0 Å². The highest BCUT2D eigenvalue weighted by molar-refractivity contribution is 5.80. The Balaban J connectivity index is 1.93. The highest BCUT2D eigenvalue weighted by Gasteiger charge is 2.51. The minimum atomic E-state index is -0.840. The highest BCUT2D eigenvalue weighted by Crippen LogP contribution is 2.40. The molecule has 0 spiro atoms. The molecule has 110 valence electrons. The Morgan fingerprint density at radius 2 is 1.95 bits per heavy atom.